The maximum Gasteiger partial charge on any atom is 0.275 e. The molecule has 0 atom stereocenters. The minimum atomic E-state index is -0.215. The van der Waals surface area contributed by atoms with Crippen molar-refractivity contribution in [3.8, 4) is 0 Å². The minimum Gasteiger partial charge on any atom is -0.377 e. The lowest BCUT2D eigenvalue weighted by Crippen LogP contribution is -2.20. The van der Waals surface area contributed by atoms with Crippen LogP contribution in [0.4, 0.5) is 0 Å². The van der Waals surface area contributed by atoms with Gasteiger partial charge in [0.05, 0.1) is 6.54 Å². The Hall–Kier alpha value is -2.25. The smallest absolute Gasteiger partial charge is 0.275 e. The Balaban J connectivity index is 2.11. The molecule has 0 saturated carbocycles. The Labute approximate surface area is 131 Å². The largest absolute Gasteiger partial charge is 0.377 e. The lowest BCUT2D eigenvalue weighted by molar-refractivity contribution is 0.178. The predicted molar refractivity (Wildman–Crippen MR) is 81.0 cm³/mol. The van der Waals surface area contributed by atoms with Gasteiger partial charge in [-0.2, -0.15) is 9.50 Å². The van der Waals surface area contributed by atoms with Crippen LogP contribution in [-0.2, 0) is 17.9 Å². The SMILES string of the molecule is COCc1nc2n(Cc3ccc(Cl)nc3)c(C)cc(=O)n2n1. The Morgan fingerprint density at radius 3 is 2.86 bits per heavy atom. The fourth-order valence-electron chi connectivity index (χ4n) is 2.21. The number of hydrogen-bond donors (Lipinski definition) is 0. The summed E-state index contributed by atoms with van der Waals surface area (Å²) >= 11 is 5.80. The average molecular weight is 320 g/mol. The van der Waals surface area contributed by atoms with Crippen molar-refractivity contribution in [3.05, 3.63) is 57.0 Å². The van der Waals surface area contributed by atoms with E-state index in [1.807, 2.05) is 17.6 Å². The predicted octanol–water partition coefficient (Wildman–Crippen LogP) is 1.44. The van der Waals surface area contributed by atoms with Crippen LogP contribution < -0.4 is 5.56 Å². The van der Waals surface area contributed by atoms with Gasteiger partial charge in [-0.05, 0) is 18.6 Å². The van der Waals surface area contributed by atoms with Gasteiger partial charge in [0.1, 0.15) is 11.8 Å². The number of pyridine rings is 1. The molecule has 22 heavy (non-hydrogen) atoms. The zero-order valence-corrected chi connectivity index (χ0v) is 12.9. The molecule has 3 heterocycles. The third-order valence-electron chi connectivity index (χ3n) is 3.24. The summed E-state index contributed by atoms with van der Waals surface area (Å²) in [6.45, 7) is 2.63. The van der Waals surface area contributed by atoms with Crippen molar-refractivity contribution in [2.24, 2.45) is 0 Å². The lowest BCUT2D eigenvalue weighted by Gasteiger charge is -2.11. The van der Waals surface area contributed by atoms with Gasteiger partial charge < -0.3 is 9.30 Å². The first-order valence-corrected chi connectivity index (χ1v) is 7.02. The van der Waals surface area contributed by atoms with E-state index in [0.717, 1.165) is 11.3 Å². The number of halogens is 1. The van der Waals surface area contributed by atoms with Gasteiger partial charge in [0, 0.05) is 25.1 Å². The molecule has 8 heteroatoms. The average Bonchev–Trinajstić information content (AvgIpc) is 2.90. The molecule has 3 rings (SSSR count). The normalized spacial score (nSPS) is 11.2. The van der Waals surface area contributed by atoms with Gasteiger partial charge >= 0.3 is 0 Å². The molecule has 114 valence electrons. The number of fused-ring (bicyclic) bond motifs is 1. The van der Waals surface area contributed by atoms with E-state index in [4.69, 9.17) is 16.3 Å². The number of hydrogen-bond acceptors (Lipinski definition) is 5. The molecule has 7 nitrogen and oxygen atoms in total. The van der Waals surface area contributed by atoms with E-state index >= 15 is 0 Å². The third-order valence-corrected chi connectivity index (χ3v) is 3.47. The molecular weight excluding hydrogens is 306 g/mol. The maximum atomic E-state index is 12.0. The van der Waals surface area contributed by atoms with E-state index in [0.29, 0.717) is 23.3 Å². The Morgan fingerprint density at radius 2 is 2.18 bits per heavy atom. The molecule has 0 aliphatic carbocycles. The van der Waals surface area contributed by atoms with Crippen LogP contribution >= 0.6 is 11.6 Å². The van der Waals surface area contributed by atoms with Crippen LogP contribution in [-0.4, -0.2) is 31.3 Å². The molecule has 0 aromatic carbocycles. The first kappa shape index (κ1) is 14.7. The van der Waals surface area contributed by atoms with Crippen LogP contribution in [0.1, 0.15) is 17.1 Å². The monoisotopic (exact) mass is 319 g/mol. The second-order valence-corrected chi connectivity index (χ2v) is 5.26. The summed E-state index contributed by atoms with van der Waals surface area (Å²) in [6.07, 6.45) is 1.70. The molecule has 0 N–H and O–H groups in total. The summed E-state index contributed by atoms with van der Waals surface area (Å²) in [5, 5.41) is 4.61. The van der Waals surface area contributed by atoms with Crippen LogP contribution in [0.2, 0.25) is 5.15 Å². The van der Waals surface area contributed by atoms with Crippen LogP contribution in [0.3, 0.4) is 0 Å². The van der Waals surface area contributed by atoms with E-state index in [1.165, 1.54) is 10.6 Å². The summed E-state index contributed by atoms with van der Waals surface area (Å²) in [4.78, 5) is 20.5. The lowest BCUT2D eigenvalue weighted by atomic mass is 10.3. The van der Waals surface area contributed by atoms with Gasteiger partial charge in [-0.25, -0.2) is 4.98 Å². The fraction of sp³-hybridized carbons (Fsp3) is 0.286. The highest BCUT2D eigenvalue weighted by molar-refractivity contribution is 6.29. The molecule has 3 aromatic heterocycles. The first-order valence-electron chi connectivity index (χ1n) is 6.64. The number of aryl methyl sites for hydroxylation is 1. The van der Waals surface area contributed by atoms with E-state index in [-0.39, 0.29) is 12.2 Å². The molecular formula is C14H14ClN5O2. The second kappa shape index (κ2) is 5.86. The van der Waals surface area contributed by atoms with Crippen molar-refractivity contribution in [2.45, 2.75) is 20.1 Å². The topological polar surface area (TPSA) is 74.3 Å². The number of ether oxygens (including phenoxy) is 1. The van der Waals surface area contributed by atoms with E-state index in [9.17, 15) is 4.79 Å². The summed E-state index contributed by atoms with van der Waals surface area (Å²) in [5.74, 6) is 0.945. The highest BCUT2D eigenvalue weighted by Gasteiger charge is 2.12. The summed E-state index contributed by atoms with van der Waals surface area (Å²) in [7, 11) is 1.56. The van der Waals surface area contributed by atoms with Crippen molar-refractivity contribution in [1.29, 1.82) is 0 Å². The molecule has 0 radical (unpaired) electrons. The summed E-state index contributed by atoms with van der Waals surface area (Å²) in [5.41, 5.74) is 1.53. The maximum absolute atomic E-state index is 12.0. The van der Waals surface area contributed by atoms with Crippen molar-refractivity contribution >= 4 is 17.4 Å². The Kier molecular flexibility index (Phi) is 3.91. The van der Waals surface area contributed by atoms with Crippen molar-refractivity contribution < 1.29 is 4.74 Å². The van der Waals surface area contributed by atoms with Gasteiger partial charge in [-0.15, -0.1) is 5.10 Å². The highest BCUT2D eigenvalue weighted by Crippen LogP contribution is 2.11. The highest BCUT2D eigenvalue weighted by atomic mass is 35.5. The molecule has 0 saturated heterocycles. The van der Waals surface area contributed by atoms with Crippen molar-refractivity contribution in [2.75, 3.05) is 7.11 Å². The summed E-state index contributed by atoms with van der Waals surface area (Å²) < 4.78 is 8.21. The van der Waals surface area contributed by atoms with E-state index in [1.54, 1.807) is 19.4 Å². The second-order valence-electron chi connectivity index (χ2n) is 4.87. The zero-order valence-electron chi connectivity index (χ0n) is 12.2. The molecule has 3 aromatic rings. The molecule has 0 spiro atoms. The van der Waals surface area contributed by atoms with Crippen molar-refractivity contribution in [1.82, 2.24) is 24.1 Å². The molecule has 0 amide bonds. The third kappa shape index (κ3) is 2.72. The number of nitrogens with zero attached hydrogens (tertiary/aromatic N) is 5. The first-order chi connectivity index (χ1) is 10.6. The molecule has 0 aliphatic rings. The number of rotatable bonds is 4. The quantitative estimate of drug-likeness (QED) is 0.680. The molecule has 0 aliphatic heterocycles. The molecule has 0 unspecified atom stereocenters. The van der Waals surface area contributed by atoms with Crippen LogP contribution in [0.5, 0.6) is 0 Å². The van der Waals surface area contributed by atoms with E-state index in [2.05, 4.69) is 15.1 Å². The van der Waals surface area contributed by atoms with Gasteiger partial charge in [0.15, 0.2) is 5.82 Å². The number of aromatic nitrogens is 5. The Bertz CT molecular complexity index is 869. The number of methoxy groups -OCH3 is 1. The fourth-order valence-corrected chi connectivity index (χ4v) is 2.32. The summed E-state index contributed by atoms with van der Waals surface area (Å²) in [6, 6.07) is 5.14. The minimum absolute atomic E-state index is 0.215. The Morgan fingerprint density at radius 1 is 1.36 bits per heavy atom. The zero-order chi connectivity index (χ0) is 15.7. The van der Waals surface area contributed by atoms with Crippen LogP contribution in [0.25, 0.3) is 5.78 Å². The van der Waals surface area contributed by atoms with Gasteiger partial charge in [0.25, 0.3) is 5.56 Å². The standard InChI is InChI=1S/C14H14ClN5O2/c1-9-5-13(21)20-14(17-12(18-20)8-22-2)19(9)7-10-3-4-11(15)16-6-10/h3-6H,7-8H2,1-2H3. The van der Waals surface area contributed by atoms with Crippen LogP contribution in [0, 0.1) is 6.92 Å². The molecule has 0 fully saturated rings. The van der Waals surface area contributed by atoms with E-state index < -0.39 is 0 Å². The van der Waals surface area contributed by atoms with Crippen molar-refractivity contribution in [3.63, 3.8) is 0 Å². The van der Waals surface area contributed by atoms with Gasteiger partial charge in [0.2, 0.25) is 5.78 Å². The van der Waals surface area contributed by atoms with Gasteiger partial charge in [-0.1, -0.05) is 17.7 Å². The van der Waals surface area contributed by atoms with Gasteiger partial charge in [-0.3, -0.25) is 4.79 Å². The van der Waals surface area contributed by atoms with Crippen LogP contribution in [0.15, 0.2) is 29.2 Å². The molecule has 0 bridgehead atoms.